The van der Waals surface area contributed by atoms with Crippen molar-refractivity contribution in [2.75, 3.05) is 0 Å². The summed E-state index contributed by atoms with van der Waals surface area (Å²) in [4.78, 5) is 21.1. The largest absolute Gasteiger partial charge is 0.369 e. The van der Waals surface area contributed by atoms with Gasteiger partial charge in [0.25, 0.3) is 5.56 Å². The van der Waals surface area contributed by atoms with Crippen molar-refractivity contribution in [3.63, 3.8) is 0 Å². The first kappa shape index (κ1) is 24.6. The maximum Gasteiger partial charge on any atom is 0.252 e. The molecule has 0 amide bonds. The predicted molar refractivity (Wildman–Crippen MR) is 138 cm³/mol. The van der Waals surface area contributed by atoms with E-state index in [0.29, 0.717) is 35.4 Å². The third kappa shape index (κ3) is 6.13. The van der Waals surface area contributed by atoms with Gasteiger partial charge in [-0.05, 0) is 35.7 Å². The lowest BCUT2D eigenvalue weighted by Crippen LogP contribution is -2.17. The van der Waals surface area contributed by atoms with Gasteiger partial charge in [-0.1, -0.05) is 85.2 Å². The van der Waals surface area contributed by atoms with E-state index in [1.54, 1.807) is 12.3 Å². The van der Waals surface area contributed by atoms with Crippen molar-refractivity contribution in [2.45, 2.75) is 49.4 Å². The summed E-state index contributed by atoms with van der Waals surface area (Å²) in [6, 6.07) is 19.1. The molecule has 0 radical (unpaired) electrons. The monoisotopic (exact) mass is 513 g/mol. The third-order valence-corrected chi connectivity index (χ3v) is 6.72. The Balaban J connectivity index is 1.72. The second-order valence-corrected chi connectivity index (χ2v) is 10.1. The summed E-state index contributed by atoms with van der Waals surface area (Å²) in [5, 5.41) is 2.08. The van der Waals surface area contributed by atoms with Crippen LogP contribution in [0.1, 0.15) is 42.4 Å². The maximum atomic E-state index is 12.5. The van der Waals surface area contributed by atoms with E-state index in [-0.39, 0.29) is 11.5 Å². The highest BCUT2D eigenvalue weighted by Gasteiger charge is 2.22. The number of ether oxygens (including phenoxy) is 1. The van der Waals surface area contributed by atoms with Gasteiger partial charge in [-0.3, -0.25) is 4.79 Å². The average molecular weight is 514 g/mol. The van der Waals surface area contributed by atoms with E-state index in [2.05, 4.69) is 23.4 Å². The van der Waals surface area contributed by atoms with Crippen LogP contribution in [0.15, 0.2) is 81.6 Å². The van der Waals surface area contributed by atoms with Crippen LogP contribution >= 0.6 is 35.0 Å². The van der Waals surface area contributed by atoms with E-state index in [4.69, 9.17) is 32.9 Å². The maximum absolute atomic E-state index is 12.5. The molecular formula is C26H25Cl2N3O2S. The summed E-state index contributed by atoms with van der Waals surface area (Å²) < 4.78 is 8.09. The molecule has 8 heteroatoms. The van der Waals surface area contributed by atoms with Crippen LogP contribution in [0.25, 0.3) is 0 Å². The number of aromatic amines is 1. The summed E-state index contributed by atoms with van der Waals surface area (Å²) in [6.45, 7) is 5.37. The molecule has 0 atom stereocenters. The van der Waals surface area contributed by atoms with Gasteiger partial charge in [0.1, 0.15) is 17.5 Å². The fourth-order valence-corrected chi connectivity index (χ4v) is 5.46. The van der Waals surface area contributed by atoms with E-state index >= 15 is 0 Å². The van der Waals surface area contributed by atoms with Gasteiger partial charge < -0.3 is 14.3 Å². The van der Waals surface area contributed by atoms with Gasteiger partial charge in [-0.2, -0.15) is 0 Å². The number of aromatic nitrogens is 3. The van der Waals surface area contributed by atoms with Crippen molar-refractivity contribution in [1.82, 2.24) is 14.5 Å². The van der Waals surface area contributed by atoms with Crippen LogP contribution in [0.5, 0.6) is 0 Å². The van der Waals surface area contributed by atoms with Gasteiger partial charge in [0.2, 0.25) is 0 Å². The lowest BCUT2D eigenvalue weighted by molar-refractivity contribution is 0.0991. The van der Waals surface area contributed by atoms with E-state index in [0.717, 1.165) is 27.0 Å². The highest BCUT2D eigenvalue weighted by molar-refractivity contribution is 7.99. The molecule has 0 bridgehead atoms. The number of halogens is 2. The number of imidazole rings is 1. The Kier molecular flexibility index (Phi) is 8.16. The van der Waals surface area contributed by atoms with Crippen molar-refractivity contribution in [3.8, 4) is 0 Å². The molecule has 2 heterocycles. The van der Waals surface area contributed by atoms with Gasteiger partial charge in [0.05, 0.1) is 18.8 Å². The zero-order chi connectivity index (χ0) is 24.1. The highest BCUT2D eigenvalue weighted by atomic mass is 35.5. The molecule has 0 fully saturated rings. The summed E-state index contributed by atoms with van der Waals surface area (Å²) in [6.07, 6.45) is 1.63. The lowest BCUT2D eigenvalue weighted by atomic mass is 10.1. The van der Waals surface area contributed by atoms with Crippen LogP contribution in [0, 0.1) is 0 Å². The number of H-pyrrole nitrogens is 1. The van der Waals surface area contributed by atoms with Crippen molar-refractivity contribution >= 4 is 35.0 Å². The molecule has 1 N–H and O–H groups in total. The normalized spacial score (nSPS) is 11.3. The molecule has 0 saturated carbocycles. The van der Waals surface area contributed by atoms with Gasteiger partial charge in [0, 0.05) is 26.7 Å². The van der Waals surface area contributed by atoms with E-state index in [1.165, 1.54) is 11.8 Å². The minimum atomic E-state index is -0.125. The summed E-state index contributed by atoms with van der Waals surface area (Å²) in [5.74, 6) is 0.929. The molecule has 0 unspecified atom stereocenters. The van der Waals surface area contributed by atoms with Crippen molar-refractivity contribution < 1.29 is 4.74 Å². The Bertz CT molecular complexity index is 1300. The van der Waals surface area contributed by atoms with E-state index in [9.17, 15) is 4.79 Å². The summed E-state index contributed by atoms with van der Waals surface area (Å²) >= 11 is 14.0. The van der Waals surface area contributed by atoms with Gasteiger partial charge in [-0.15, -0.1) is 0 Å². The molecule has 34 heavy (non-hydrogen) atoms. The zero-order valence-corrected chi connectivity index (χ0v) is 21.3. The molecule has 176 valence electrons. The quantitative estimate of drug-likeness (QED) is 0.264. The standard InChI is InChI=1S/C26H25Cl2N3O2S/c1-17(2)24-26(34-22-12-20(27)11-21(28)13-22)31(14-19-9-6-10-29-25(19)32)23(30-24)16-33-15-18-7-4-3-5-8-18/h3-13,17H,14-16H2,1-2H3,(H,29,32). The highest BCUT2D eigenvalue weighted by Crippen LogP contribution is 2.37. The zero-order valence-electron chi connectivity index (χ0n) is 18.9. The smallest absolute Gasteiger partial charge is 0.252 e. The Hall–Kier alpha value is -2.51. The number of benzene rings is 2. The number of hydrogen-bond donors (Lipinski definition) is 1. The minimum Gasteiger partial charge on any atom is -0.369 e. The molecule has 4 rings (SSSR count). The van der Waals surface area contributed by atoms with Gasteiger partial charge >= 0.3 is 0 Å². The first-order valence-electron chi connectivity index (χ1n) is 10.9. The summed E-state index contributed by atoms with van der Waals surface area (Å²) in [7, 11) is 0. The molecule has 4 aromatic rings. The Morgan fingerprint density at radius 1 is 1.03 bits per heavy atom. The SMILES string of the molecule is CC(C)c1nc(COCc2ccccc2)n(Cc2ccc[nH]c2=O)c1Sc1cc(Cl)cc(Cl)c1. The second kappa shape index (κ2) is 11.3. The first-order valence-corrected chi connectivity index (χ1v) is 12.5. The van der Waals surface area contributed by atoms with Crippen molar-refractivity contribution in [1.29, 1.82) is 0 Å². The Labute approximate surface area is 213 Å². The molecule has 0 saturated heterocycles. The number of nitrogens with zero attached hydrogens (tertiary/aromatic N) is 2. The lowest BCUT2D eigenvalue weighted by Gasteiger charge is -2.14. The predicted octanol–water partition coefficient (Wildman–Crippen LogP) is 6.92. The van der Waals surface area contributed by atoms with Crippen LogP contribution in [0.4, 0.5) is 0 Å². The fourth-order valence-electron chi connectivity index (χ4n) is 3.54. The molecule has 0 aliphatic carbocycles. The van der Waals surface area contributed by atoms with Gasteiger partial charge in [-0.25, -0.2) is 4.98 Å². The fraction of sp³-hybridized carbons (Fsp3) is 0.231. The van der Waals surface area contributed by atoms with Crippen LogP contribution in [-0.4, -0.2) is 14.5 Å². The minimum absolute atomic E-state index is 0.125. The van der Waals surface area contributed by atoms with Crippen molar-refractivity contribution in [3.05, 3.63) is 110 Å². The molecule has 0 aliphatic heterocycles. The average Bonchev–Trinajstić information content (AvgIpc) is 3.12. The Morgan fingerprint density at radius 2 is 1.76 bits per heavy atom. The first-order chi connectivity index (χ1) is 16.4. The number of pyridine rings is 1. The third-order valence-electron chi connectivity index (χ3n) is 5.19. The van der Waals surface area contributed by atoms with Crippen LogP contribution < -0.4 is 5.56 Å². The van der Waals surface area contributed by atoms with E-state index in [1.807, 2.05) is 54.6 Å². The number of hydrogen-bond acceptors (Lipinski definition) is 4. The molecule has 2 aromatic heterocycles. The van der Waals surface area contributed by atoms with Crippen LogP contribution in [0.2, 0.25) is 10.0 Å². The molecule has 0 aliphatic rings. The summed E-state index contributed by atoms with van der Waals surface area (Å²) in [5.41, 5.74) is 2.55. The number of rotatable bonds is 9. The van der Waals surface area contributed by atoms with E-state index < -0.39 is 0 Å². The van der Waals surface area contributed by atoms with Crippen LogP contribution in [0.3, 0.4) is 0 Å². The van der Waals surface area contributed by atoms with Crippen LogP contribution in [-0.2, 0) is 24.5 Å². The molecular weight excluding hydrogens is 489 g/mol. The second-order valence-electron chi connectivity index (χ2n) is 8.17. The van der Waals surface area contributed by atoms with Crippen molar-refractivity contribution in [2.24, 2.45) is 0 Å². The topological polar surface area (TPSA) is 59.9 Å². The molecule has 0 spiro atoms. The number of nitrogens with one attached hydrogen (secondary N) is 1. The molecule has 2 aromatic carbocycles. The van der Waals surface area contributed by atoms with Gasteiger partial charge in [0.15, 0.2) is 0 Å². The Morgan fingerprint density at radius 3 is 2.44 bits per heavy atom. The molecule has 5 nitrogen and oxygen atoms in total.